The second kappa shape index (κ2) is 6.62. The number of aryl methyl sites for hydroxylation is 2. The summed E-state index contributed by atoms with van der Waals surface area (Å²) in [5.41, 5.74) is 1.48. The fourth-order valence-corrected chi connectivity index (χ4v) is 5.75. The molecule has 0 saturated heterocycles. The van der Waals surface area contributed by atoms with Crippen LogP contribution in [0.25, 0.3) is 11.0 Å². The minimum Gasteiger partial charge on any atom is -0.450 e. The van der Waals surface area contributed by atoms with Crippen molar-refractivity contribution in [3.05, 3.63) is 86.2 Å². The maximum atomic E-state index is 14.2. The van der Waals surface area contributed by atoms with Crippen molar-refractivity contribution in [3.63, 3.8) is 0 Å². The number of thiazole rings is 1. The summed E-state index contributed by atoms with van der Waals surface area (Å²) in [6.07, 6.45) is 1.57. The van der Waals surface area contributed by atoms with E-state index in [1.165, 1.54) is 16.2 Å². The highest BCUT2D eigenvalue weighted by atomic mass is 32.1. The van der Waals surface area contributed by atoms with Crippen LogP contribution in [0, 0.1) is 13.8 Å². The third kappa shape index (κ3) is 2.28. The molecule has 7 nitrogen and oxygen atoms in total. The summed E-state index contributed by atoms with van der Waals surface area (Å²) >= 11 is 1.24. The molecule has 4 aromatic rings. The predicted molar refractivity (Wildman–Crippen MR) is 126 cm³/mol. The van der Waals surface area contributed by atoms with Crippen molar-refractivity contribution >= 4 is 44.9 Å². The number of nitrogens with zero attached hydrogens (tertiary/aromatic N) is 3. The molecule has 6 rings (SSSR count). The molecule has 0 fully saturated rings. The number of aromatic nitrogens is 1. The van der Waals surface area contributed by atoms with Gasteiger partial charge in [0.05, 0.1) is 16.6 Å². The van der Waals surface area contributed by atoms with Gasteiger partial charge in [0.2, 0.25) is 5.76 Å². The van der Waals surface area contributed by atoms with E-state index in [0.717, 1.165) is 11.1 Å². The number of carbonyl (C=O) groups excluding carboxylic acids is 2. The van der Waals surface area contributed by atoms with E-state index in [-0.39, 0.29) is 22.7 Å². The van der Waals surface area contributed by atoms with Crippen molar-refractivity contribution in [1.29, 1.82) is 0 Å². The normalized spacial score (nSPS) is 19.1. The number of hydrogen-bond acceptors (Lipinski definition) is 6. The second-order valence-corrected chi connectivity index (χ2v) is 9.17. The van der Waals surface area contributed by atoms with Gasteiger partial charge in [-0.15, -0.1) is 11.3 Å². The molecule has 2 aliphatic rings. The van der Waals surface area contributed by atoms with Crippen LogP contribution in [0.5, 0.6) is 0 Å². The molecule has 0 radical (unpaired) electrons. The highest BCUT2D eigenvalue weighted by Crippen LogP contribution is 2.54. The zero-order valence-corrected chi connectivity index (χ0v) is 19.0. The van der Waals surface area contributed by atoms with Gasteiger partial charge in [-0.05, 0) is 50.1 Å². The molecule has 4 heterocycles. The maximum Gasteiger partial charge on any atom is 0.297 e. The maximum absolute atomic E-state index is 14.2. The van der Waals surface area contributed by atoms with Crippen LogP contribution in [-0.4, -0.2) is 23.3 Å². The number of benzene rings is 2. The molecule has 0 N–H and O–H groups in total. The predicted octanol–water partition coefficient (Wildman–Crippen LogP) is 4.14. The van der Waals surface area contributed by atoms with Gasteiger partial charge in [0.15, 0.2) is 16.1 Å². The first-order valence-electron chi connectivity index (χ1n) is 10.6. The number of amides is 2. The summed E-state index contributed by atoms with van der Waals surface area (Å²) in [4.78, 5) is 49.4. The molecule has 0 saturated carbocycles. The molecule has 0 bridgehead atoms. The minimum atomic E-state index is -1.66. The van der Waals surface area contributed by atoms with Crippen molar-refractivity contribution < 1.29 is 14.0 Å². The summed E-state index contributed by atoms with van der Waals surface area (Å²) in [5.74, 6) is -1.01. The Bertz CT molecular complexity index is 1560. The summed E-state index contributed by atoms with van der Waals surface area (Å²) in [5, 5.41) is 2.43. The molecule has 2 amide bonds. The Morgan fingerprint density at radius 2 is 1.85 bits per heavy atom. The Kier molecular flexibility index (Phi) is 3.98. The molecular formula is C25H19N3O4S. The van der Waals surface area contributed by atoms with Gasteiger partial charge >= 0.3 is 0 Å². The Balaban J connectivity index is 1.81. The topological polar surface area (TPSA) is 83.7 Å². The van der Waals surface area contributed by atoms with Gasteiger partial charge in [-0.25, -0.2) is 4.98 Å². The largest absolute Gasteiger partial charge is 0.450 e. The molecule has 8 heteroatoms. The van der Waals surface area contributed by atoms with Crippen molar-refractivity contribution in [2.75, 3.05) is 16.3 Å². The fourth-order valence-electron chi connectivity index (χ4n) is 5.06. The van der Waals surface area contributed by atoms with Crippen molar-refractivity contribution in [2.24, 2.45) is 0 Å². The van der Waals surface area contributed by atoms with E-state index in [4.69, 9.17) is 4.42 Å². The highest BCUT2D eigenvalue weighted by Gasteiger charge is 2.66. The van der Waals surface area contributed by atoms with Gasteiger partial charge in [-0.3, -0.25) is 19.3 Å². The number of rotatable bonds is 2. The summed E-state index contributed by atoms with van der Waals surface area (Å²) < 4.78 is 6.10. The Morgan fingerprint density at radius 3 is 2.58 bits per heavy atom. The average molecular weight is 458 g/mol. The summed E-state index contributed by atoms with van der Waals surface area (Å²) in [6, 6.07) is 10.8. The number of likely N-dealkylation sites (N-methyl/N-ethyl adjacent to an activating group) is 1. The lowest BCUT2D eigenvalue weighted by Crippen LogP contribution is -2.53. The average Bonchev–Trinajstić information content (AvgIpc) is 3.47. The van der Waals surface area contributed by atoms with E-state index >= 15 is 0 Å². The number of anilines is 2. The van der Waals surface area contributed by atoms with Crippen molar-refractivity contribution in [3.8, 4) is 0 Å². The van der Waals surface area contributed by atoms with Crippen LogP contribution in [0.15, 0.2) is 57.2 Å². The molecule has 1 atom stereocenters. The molecule has 2 aromatic heterocycles. The SMILES string of the molecule is CCN1C(=O)C2(c3ccccc31)c1c(oc3cc(C)c(C)cc3c1=O)C(=O)N2c1nccs1. The van der Waals surface area contributed by atoms with Gasteiger partial charge in [0, 0.05) is 23.7 Å². The van der Waals surface area contributed by atoms with Gasteiger partial charge in [0.1, 0.15) is 5.58 Å². The smallest absolute Gasteiger partial charge is 0.297 e. The van der Waals surface area contributed by atoms with E-state index in [1.54, 1.807) is 34.7 Å². The lowest BCUT2D eigenvalue weighted by Gasteiger charge is -2.32. The molecule has 33 heavy (non-hydrogen) atoms. The first-order valence-corrected chi connectivity index (χ1v) is 11.5. The van der Waals surface area contributed by atoms with Gasteiger partial charge in [-0.2, -0.15) is 0 Å². The Morgan fingerprint density at radius 1 is 1.09 bits per heavy atom. The molecule has 2 aromatic carbocycles. The van der Waals surface area contributed by atoms with Crippen LogP contribution in [0.1, 0.15) is 39.7 Å². The molecule has 1 spiro atoms. The van der Waals surface area contributed by atoms with Crippen LogP contribution in [-0.2, 0) is 10.3 Å². The monoisotopic (exact) mass is 457 g/mol. The van der Waals surface area contributed by atoms with E-state index < -0.39 is 11.4 Å². The first kappa shape index (κ1) is 19.9. The number of carbonyl (C=O) groups is 2. The third-order valence-electron chi connectivity index (χ3n) is 6.67. The minimum absolute atomic E-state index is 0.0619. The number of hydrogen-bond donors (Lipinski definition) is 0. The van der Waals surface area contributed by atoms with Crippen LogP contribution < -0.4 is 15.2 Å². The van der Waals surface area contributed by atoms with Crippen LogP contribution >= 0.6 is 11.3 Å². The molecule has 2 aliphatic heterocycles. The van der Waals surface area contributed by atoms with Gasteiger partial charge in [0.25, 0.3) is 11.8 Å². The van der Waals surface area contributed by atoms with Gasteiger partial charge < -0.3 is 9.32 Å². The molecule has 0 aliphatic carbocycles. The highest BCUT2D eigenvalue weighted by molar-refractivity contribution is 7.13. The van der Waals surface area contributed by atoms with Crippen LogP contribution in [0.2, 0.25) is 0 Å². The number of fused-ring (bicyclic) bond motifs is 5. The Hall–Kier alpha value is -3.78. The fraction of sp³-hybridized carbons (Fsp3) is 0.200. The second-order valence-electron chi connectivity index (χ2n) is 8.30. The van der Waals surface area contributed by atoms with Gasteiger partial charge in [-0.1, -0.05) is 18.2 Å². The first-order chi connectivity index (χ1) is 15.9. The quantitative estimate of drug-likeness (QED) is 0.452. The summed E-state index contributed by atoms with van der Waals surface area (Å²) in [7, 11) is 0. The Labute approximate surface area is 192 Å². The van der Waals surface area contributed by atoms with Crippen LogP contribution in [0.3, 0.4) is 0 Å². The molecular weight excluding hydrogens is 438 g/mol. The molecule has 164 valence electrons. The van der Waals surface area contributed by atoms with E-state index in [9.17, 15) is 14.4 Å². The summed E-state index contributed by atoms with van der Waals surface area (Å²) in [6.45, 7) is 6.10. The van der Waals surface area contributed by atoms with E-state index in [2.05, 4.69) is 4.98 Å². The van der Waals surface area contributed by atoms with Crippen molar-refractivity contribution in [1.82, 2.24) is 4.98 Å². The van der Waals surface area contributed by atoms with Crippen molar-refractivity contribution in [2.45, 2.75) is 26.3 Å². The van der Waals surface area contributed by atoms with E-state index in [1.807, 2.05) is 39.0 Å². The molecule has 1 unspecified atom stereocenters. The zero-order chi connectivity index (χ0) is 23.1. The van der Waals surface area contributed by atoms with Crippen LogP contribution in [0.4, 0.5) is 10.8 Å². The lowest BCUT2D eigenvalue weighted by molar-refractivity contribution is -0.121. The van der Waals surface area contributed by atoms with E-state index in [0.29, 0.717) is 33.9 Å². The lowest BCUT2D eigenvalue weighted by atomic mass is 9.84. The number of para-hydroxylation sites is 1. The standard InChI is InChI=1S/C25H19N3O4S/c1-4-27-17-8-6-5-7-16(17)25(23(27)31)19-20(29)15-11-13(2)14(3)12-18(15)32-21(19)22(30)28(25)24-26-9-10-33-24/h5-12H,4H2,1-3H3. The third-order valence-corrected chi connectivity index (χ3v) is 7.42. The zero-order valence-electron chi connectivity index (χ0n) is 18.2.